The molecule has 0 saturated carbocycles. The molecule has 1 aliphatic heterocycles. The van der Waals surface area contributed by atoms with Gasteiger partial charge >= 0.3 is 5.97 Å². The van der Waals surface area contributed by atoms with E-state index in [0.717, 1.165) is 28.6 Å². The van der Waals surface area contributed by atoms with Gasteiger partial charge in [-0.1, -0.05) is 25.1 Å². The Balaban J connectivity index is 1.83. The second-order valence-corrected chi connectivity index (χ2v) is 7.51. The number of H-pyrrole nitrogens is 1. The maximum absolute atomic E-state index is 13.4. The molecule has 1 atom stereocenters. The van der Waals surface area contributed by atoms with E-state index in [9.17, 15) is 9.59 Å². The van der Waals surface area contributed by atoms with Crippen molar-refractivity contribution in [3.05, 3.63) is 71.6 Å². The quantitative estimate of drug-likeness (QED) is 0.608. The number of carbonyl (C=O) groups is 2. The van der Waals surface area contributed by atoms with Crippen LogP contribution in [0, 0.1) is 0 Å². The molecule has 3 aromatic rings. The Morgan fingerprint density at radius 3 is 2.52 bits per heavy atom. The Morgan fingerprint density at radius 1 is 1.10 bits per heavy atom. The van der Waals surface area contributed by atoms with Gasteiger partial charge in [-0.25, -0.2) is 4.79 Å². The first-order valence-corrected chi connectivity index (χ1v) is 10.5. The lowest BCUT2D eigenvalue weighted by Gasteiger charge is -2.23. The van der Waals surface area contributed by atoms with Gasteiger partial charge in [0.25, 0.3) is 5.91 Å². The number of nitrogens with one attached hydrogen (secondary N) is 1. The van der Waals surface area contributed by atoms with Gasteiger partial charge in [0.2, 0.25) is 0 Å². The molecule has 4 rings (SSSR count). The highest BCUT2D eigenvalue weighted by Crippen LogP contribution is 2.38. The second kappa shape index (κ2) is 8.68. The first-order valence-electron chi connectivity index (χ1n) is 10.5. The number of fused-ring (bicyclic) bond motifs is 3. The van der Waals surface area contributed by atoms with Crippen LogP contribution >= 0.6 is 0 Å². The van der Waals surface area contributed by atoms with Crippen molar-refractivity contribution in [3.63, 3.8) is 0 Å². The number of para-hydroxylation sites is 1. The Hall–Kier alpha value is -3.54. The van der Waals surface area contributed by atoms with Gasteiger partial charge in [0, 0.05) is 35.1 Å². The minimum atomic E-state index is -0.445. The molecule has 1 unspecified atom stereocenters. The largest absolute Gasteiger partial charge is 0.497 e. The first-order chi connectivity index (χ1) is 15.1. The Bertz CT molecular complexity index is 1140. The van der Waals surface area contributed by atoms with Crippen LogP contribution in [0.4, 0.5) is 0 Å². The Kier molecular flexibility index (Phi) is 5.80. The SMILES string of the molecule is CCOC(=O)C1=CN(C(=O)c2ccc(OC)cc2)CC(CC)c2c1[nH]c1ccccc21. The zero-order valence-corrected chi connectivity index (χ0v) is 18.0. The molecule has 1 amide bonds. The molecule has 6 heteroatoms. The molecule has 0 spiro atoms. The van der Waals surface area contributed by atoms with Crippen LogP contribution in [0.5, 0.6) is 5.75 Å². The maximum atomic E-state index is 13.4. The fourth-order valence-corrected chi connectivity index (χ4v) is 4.14. The lowest BCUT2D eigenvalue weighted by atomic mass is 9.92. The molecule has 2 heterocycles. The summed E-state index contributed by atoms with van der Waals surface area (Å²) in [7, 11) is 1.59. The molecule has 6 nitrogen and oxygen atoms in total. The number of carbonyl (C=O) groups excluding carboxylic acids is 2. The number of rotatable bonds is 5. The highest BCUT2D eigenvalue weighted by Gasteiger charge is 2.32. The van der Waals surface area contributed by atoms with E-state index in [1.165, 1.54) is 0 Å². The summed E-state index contributed by atoms with van der Waals surface area (Å²) in [6, 6.07) is 15.0. The normalized spacial score (nSPS) is 15.8. The van der Waals surface area contributed by atoms with Crippen LogP contribution in [0.2, 0.25) is 0 Å². The molecule has 0 saturated heterocycles. The molecule has 0 bridgehead atoms. The summed E-state index contributed by atoms with van der Waals surface area (Å²) in [5.41, 5.74) is 3.66. The molecule has 160 valence electrons. The number of amides is 1. The number of esters is 1. The molecule has 0 radical (unpaired) electrons. The van der Waals surface area contributed by atoms with E-state index in [2.05, 4.69) is 18.0 Å². The summed E-state index contributed by atoms with van der Waals surface area (Å²) < 4.78 is 10.5. The standard InChI is InChI=1S/C25H26N2O4/c1-4-16-14-27(24(28)17-10-12-18(30-3)13-11-17)15-20(25(29)31-5-2)23-22(16)19-8-6-7-9-21(19)26-23/h6-13,15-16,26H,4-5,14H2,1-3H3. The van der Waals surface area contributed by atoms with E-state index in [1.807, 2.05) is 18.2 Å². The van der Waals surface area contributed by atoms with E-state index >= 15 is 0 Å². The molecular weight excluding hydrogens is 392 g/mol. The third kappa shape index (κ3) is 3.81. The van der Waals surface area contributed by atoms with E-state index in [0.29, 0.717) is 23.4 Å². The minimum Gasteiger partial charge on any atom is -0.497 e. The van der Waals surface area contributed by atoms with Gasteiger partial charge in [0.15, 0.2) is 0 Å². The van der Waals surface area contributed by atoms with Gasteiger partial charge in [-0.3, -0.25) is 4.79 Å². The highest BCUT2D eigenvalue weighted by molar-refractivity contribution is 6.18. The number of aromatic amines is 1. The molecule has 31 heavy (non-hydrogen) atoms. The maximum Gasteiger partial charge on any atom is 0.341 e. The molecule has 1 aromatic heterocycles. The van der Waals surface area contributed by atoms with E-state index in [1.54, 1.807) is 49.4 Å². The van der Waals surface area contributed by atoms with Crippen LogP contribution in [0.15, 0.2) is 54.7 Å². The third-order valence-electron chi connectivity index (χ3n) is 5.71. The predicted octanol–water partition coefficient (Wildman–Crippen LogP) is 4.73. The Morgan fingerprint density at radius 2 is 1.84 bits per heavy atom. The van der Waals surface area contributed by atoms with E-state index in [-0.39, 0.29) is 18.4 Å². The number of nitrogens with zero attached hydrogens (tertiary/aromatic N) is 1. The number of methoxy groups -OCH3 is 1. The summed E-state index contributed by atoms with van der Waals surface area (Å²) in [6.07, 6.45) is 2.46. The fraction of sp³-hybridized carbons (Fsp3) is 0.280. The molecule has 1 aliphatic rings. The molecular formula is C25H26N2O4. The molecule has 1 N–H and O–H groups in total. The molecule has 0 fully saturated rings. The predicted molar refractivity (Wildman–Crippen MR) is 120 cm³/mol. The molecule has 2 aromatic carbocycles. The minimum absolute atomic E-state index is 0.0662. The van der Waals surface area contributed by atoms with Crippen LogP contribution in [-0.4, -0.2) is 42.0 Å². The van der Waals surface area contributed by atoms with Crippen molar-refractivity contribution in [2.75, 3.05) is 20.3 Å². The van der Waals surface area contributed by atoms with Crippen LogP contribution in [0.25, 0.3) is 16.5 Å². The number of ether oxygens (including phenoxy) is 2. The van der Waals surface area contributed by atoms with Gasteiger partial charge in [-0.2, -0.15) is 0 Å². The zero-order valence-electron chi connectivity index (χ0n) is 18.0. The zero-order chi connectivity index (χ0) is 22.0. The first kappa shape index (κ1) is 20.7. The van der Waals surface area contributed by atoms with E-state index < -0.39 is 5.97 Å². The van der Waals surface area contributed by atoms with Crippen molar-refractivity contribution in [1.29, 1.82) is 0 Å². The highest BCUT2D eigenvalue weighted by atomic mass is 16.5. The average Bonchev–Trinajstić information content (AvgIpc) is 3.09. The van der Waals surface area contributed by atoms with Crippen molar-refractivity contribution in [1.82, 2.24) is 9.88 Å². The van der Waals surface area contributed by atoms with Crippen LogP contribution in [0.3, 0.4) is 0 Å². The summed E-state index contributed by atoms with van der Waals surface area (Å²) in [6.45, 7) is 4.60. The second-order valence-electron chi connectivity index (χ2n) is 7.51. The lowest BCUT2D eigenvalue weighted by molar-refractivity contribution is -0.136. The summed E-state index contributed by atoms with van der Waals surface area (Å²) in [4.78, 5) is 31.3. The number of aromatic nitrogens is 1. The van der Waals surface area contributed by atoms with Crippen LogP contribution in [0.1, 0.15) is 47.8 Å². The number of benzene rings is 2. The fourth-order valence-electron chi connectivity index (χ4n) is 4.14. The van der Waals surface area contributed by atoms with Gasteiger partial charge in [0.1, 0.15) is 5.75 Å². The summed E-state index contributed by atoms with van der Waals surface area (Å²) in [5, 5.41) is 1.07. The topological polar surface area (TPSA) is 71.6 Å². The number of hydrogen-bond donors (Lipinski definition) is 1. The van der Waals surface area contributed by atoms with Gasteiger partial charge in [-0.05, 0) is 49.2 Å². The van der Waals surface area contributed by atoms with Gasteiger partial charge < -0.3 is 19.4 Å². The van der Waals surface area contributed by atoms with Crippen LogP contribution in [-0.2, 0) is 9.53 Å². The molecule has 0 aliphatic carbocycles. The van der Waals surface area contributed by atoms with Crippen molar-refractivity contribution in [3.8, 4) is 5.75 Å². The van der Waals surface area contributed by atoms with Crippen molar-refractivity contribution in [2.45, 2.75) is 26.2 Å². The smallest absolute Gasteiger partial charge is 0.341 e. The van der Waals surface area contributed by atoms with E-state index in [4.69, 9.17) is 9.47 Å². The Labute approximate surface area is 181 Å². The third-order valence-corrected chi connectivity index (χ3v) is 5.71. The van der Waals surface area contributed by atoms with Crippen molar-refractivity contribution < 1.29 is 19.1 Å². The van der Waals surface area contributed by atoms with Crippen LogP contribution < -0.4 is 4.74 Å². The summed E-state index contributed by atoms with van der Waals surface area (Å²) >= 11 is 0. The van der Waals surface area contributed by atoms with Crippen molar-refractivity contribution in [2.24, 2.45) is 0 Å². The average molecular weight is 418 g/mol. The number of hydrogen-bond acceptors (Lipinski definition) is 4. The van der Waals surface area contributed by atoms with Crippen molar-refractivity contribution >= 4 is 28.4 Å². The van der Waals surface area contributed by atoms with Gasteiger partial charge in [0.05, 0.1) is 25.0 Å². The van der Waals surface area contributed by atoms with Gasteiger partial charge in [-0.15, -0.1) is 0 Å². The summed E-state index contributed by atoms with van der Waals surface area (Å²) in [5.74, 6) is 0.136. The lowest BCUT2D eigenvalue weighted by Crippen LogP contribution is -2.29. The monoisotopic (exact) mass is 418 g/mol.